The highest BCUT2D eigenvalue weighted by molar-refractivity contribution is 7.89. The van der Waals surface area contributed by atoms with Crippen molar-refractivity contribution in [3.63, 3.8) is 0 Å². The molecule has 1 fully saturated rings. The Balaban J connectivity index is 1.71. The SMILES string of the molecule is Cc1ccc(C(=O)N2CCCCC2c2nc3ccccc3s2)cc1S(N)(=O)=O. The Morgan fingerprint density at radius 3 is 2.75 bits per heavy atom. The highest BCUT2D eigenvalue weighted by atomic mass is 32.2. The van der Waals surface area contributed by atoms with Gasteiger partial charge in [0, 0.05) is 12.1 Å². The first-order chi connectivity index (χ1) is 13.3. The normalized spacial score (nSPS) is 17.8. The van der Waals surface area contributed by atoms with Crippen molar-refractivity contribution in [3.05, 3.63) is 58.6 Å². The number of fused-ring (bicyclic) bond motifs is 1. The summed E-state index contributed by atoms with van der Waals surface area (Å²) in [5, 5.41) is 6.23. The fourth-order valence-corrected chi connectivity index (χ4v) is 5.59. The van der Waals surface area contributed by atoms with Crippen LogP contribution in [0.25, 0.3) is 10.2 Å². The van der Waals surface area contributed by atoms with Crippen LogP contribution < -0.4 is 5.14 Å². The van der Waals surface area contributed by atoms with E-state index >= 15 is 0 Å². The molecule has 1 aliphatic heterocycles. The zero-order valence-corrected chi connectivity index (χ0v) is 17.1. The van der Waals surface area contributed by atoms with Crippen molar-refractivity contribution >= 4 is 37.5 Å². The second kappa shape index (κ2) is 7.27. The molecule has 146 valence electrons. The van der Waals surface area contributed by atoms with Gasteiger partial charge in [-0.15, -0.1) is 11.3 Å². The Morgan fingerprint density at radius 1 is 1.21 bits per heavy atom. The van der Waals surface area contributed by atoms with E-state index < -0.39 is 10.0 Å². The summed E-state index contributed by atoms with van der Waals surface area (Å²) in [6.45, 7) is 2.29. The molecule has 1 atom stereocenters. The molecule has 28 heavy (non-hydrogen) atoms. The summed E-state index contributed by atoms with van der Waals surface area (Å²) in [6.07, 6.45) is 2.79. The van der Waals surface area contributed by atoms with Crippen LogP contribution in [0.15, 0.2) is 47.4 Å². The Bertz CT molecular complexity index is 1120. The van der Waals surface area contributed by atoms with Crippen LogP contribution in [0.4, 0.5) is 0 Å². The predicted molar refractivity (Wildman–Crippen MR) is 110 cm³/mol. The highest BCUT2D eigenvalue weighted by Crippen LogP contribution is 2.36. The van der Waals surface area contributed by atoms with E-state index in [1.54, 1.807) is 30.4 Å². The number of nitrogens with zero attached hydrogens (tertiary/aromatic N) is 2. The lowest BCUT2D eigenvalue weighted by atomic mass is 10.0. The number of carbonyl (C=O) groups excluding carboxylic acids is 1. The third-order valence-electron chi connectivity index (χ3n) is 5.10. The van der Waals surface area contributed by atoms with Crippen LogP contribution in [0.2, 0.25) is 0 Å². The number of likely N-dealkylation sites (tertiary alicyclic amines) is 1. The second-order valence-electron chi connectivity index (χ2n) is 7.06. The molecule has 2 aromatic carbocycles. The zero-order chi connectivity index (χ0) is 19.9. The largest absolute Gasteiger partial charge is 0.329 e. The summed E-state index contributed by atoms with van der Waals surface area (Å²) in [6, 6.07) is 12.5. The van der Waals surface area contributed by atoms with Gasteiger partial charge in [0.1, 0.15) is 5.01 Å². The van der Waals surface area contributed by atoms with E-state index in [0.717, 1.165) is 34.5 Å². The smallest absolute Gasteiger partial charge is 0.254 e. The number of hydrogen-bond acceptors (Lipinski definition) is 5. The molecule has 6 nitrogen and oxygen atoms in total. The van der Waals surface area contributed by atoms with Gasteiger partial charge in [0.05, 0.1) is 21.2 Å². The van der Waals surface area contributed by atoms with Crippen LogP contribution in [0.5, 0.6) is 0 Å². The lowest BCUT2D eigenvalue weighted by Crippen LogP contribution is -2.38. The Kier molecular flexibility index (Phi) is 4.95. The average molecular weight is 416 g/mol. The number of para-hydroxylation sites is 1. The Hall–Kier alpha value is -2.29. The van der Waals surface area contributed by atoms with Crippen molar-refractivity contribution in [2.24, 2.45) is 5.14 Å². The molecule has 1 aliphatic rings. The number of thiazole rings is 1. The summed E-state index contributed by atoms with van der Waals surface area (Å²) in [4.78, 5) is 19.8. The van der Waals surface area contributed by atoms with Crippen molar-refractivity contribution in [2.75, 3.05) is 6.54 Å². The molecule has 1 saturated heterocycles. The van der Waals surface area contributed by atoms with Gasteiger partial charge in [-0.3, -0.25) is 4.79 Å². The number of sulfonamides is 1. The summed E-state index contributed by atoms with van der Waals surface area (Å²) < 4.78 is 24.8. The number of primary sulfonamides is 1. The molecule has 1 aromatic heterocycles. The molecule has 1 unspecified atom stereocenters. The fourth-order valence-electron chi connectivity index (χ4n) is 3.67. The maximum absolute atomic E-state index is 13.3. The second-order valence-corrected chi connectivity index (χ2v) is 9.65. The average Bonchev–Trinajstić information content (AvgIpc) is 3.11. The van der Waals surface area contributed by atoms with Gasteiger partial charge in [0.2, 0.25) is 10.0 Å². The first-order valence-electron chi connectivity index (χ1n) is 9.14. The number of nitrogens with two attached hydrogens (primary N) is 1. The lowest BCUT2D eigenvalue weighted by Gasteiger charge is -2.34. The molecule has 2 N–H and O–H groups in total. The monoisotopic (exact) mass is 415 g/mol. The standard InChI is InChI=1S/C20H21N3O3S2/c1-13-9-10-14(12-18(13)28(21,25)26)20(24)23-11-5-4-7-16(23)19-22-15-6-2-3-8-17(15)27-19/h2-3,6,8-10,12,16H,4-5,7,11H2,1H3,(H2,21,25,26). The summed E-state index contributed by atoms with van der Waals surface area (Å²) in [7, 11) is -3.88. The third kappa shape index (κ3) is 3.55. The number of piperidine rings is 1. The summed E-state index contributed by atoms with van der Waals surface area (Å²) >= 11 is 1.61. The van der Waals surface area contributed by atoms with Crippen LogP contribution in [0.1, 0.15) is 46.2 Å². The van der Waals surface area contributed by atoms with Crippen LogP contribution in [-0.2, 0) is 10.0 Å². The van der Waals surface area contributed by atoms with Crippen molar-refractivity contribution in [1.82, 2.24) is 9.88 Å². The molecule has 4 rings (SSSR count). The van der Waals surface area contributed by atoms with E-state index in [2.05, 4.69) is 0 Å². The van der Waals surface area contributed by atoms with E-state index in [1.165, 1.54) is 6.07 Å². The maximum atomic E-state index is 13.3. The molecule has 3 aromatic rings. The fraction of sp³-hybridized carbons (Fsp3) is 0.300. The van der Waals surface area contributed by atoms with Crippen molar-refractivity contribution in [3.8, 4) is 0 Å². The van der Waals surface area contributed by atoms with Crippen LogP contribution in [0, 0.1) is 6.92 Å². The van der Waals surface area contributed by atoms with E-state index in [1.807, 2.05) is 29.2 Å². The Labute approximate surface area is 168 Å². The molecule has 0 radical (unpaired) electrons. The minimum Gasteiger partial charge on any atom is -0.329 e. The van der Waals surface area contributed by atoms with Crippen molar-refractivity contribution < 1.29 is 13.2 Å². The van der Waals surface area contributed by atoms with Gasteiger partial charge < -0.3 is 4.90 Å². The van der Waals surface area contributed by atoms with Gasteiger partial charge in [0.25, 0.3) is 5.91 Å². The van der Waals surface area contributed by atoms with Gasteiger partial charge in [-0.2, -0.15) is 0 Å². The van der Waals surface area contributed by atoms with E-state index in [9.17, 15) is 13.2 Å². The lowest BCUT2D eigenvalue weighted by molar-refractivity contribution is 0.0611. The molecular weight excluding hydrogens is 394 g/mol. The number of carbonyl (C=O) groups is 1. The number of benzene rings is 2. The molecular formula is C20H21N3O3S2. The number of hydrogen-bond donors (Lipinski definition) is 1. The van der Waals surface area contributed by atoms with Crippen LogP contribution in [-0.4, -0.2) is 30.8 Å². The number of rotatable bonds is 3. The predicted octanol–water partition coefficient (Wildman–Crippen LogP) is 3.62. The molecule has 2 heterocycles. The van der Waals surface area contributed by atoms with Crippen LogP contribution >= 0.6 is 11.3 Å². The number of aryl methyl sites for hydroxylation is 1. The van der Waals surface area contributed by atoms with E-state index in [4.69, 9.17) is 10.1 Å². The van der Waals surface area contributed by atoms with E-state index in [-0.39, 0.29) is 16.8 Å². The molecule has 8 heteroatoms. The quantitative estimate of drug-likeness (QED) is 0.707. The molecule has 1 amide bonds. The first kappa shape index (κ1) is 19.0. The third-order valence-corrected chi connectivity index (χ3v) is 7.29. The van der Waals surface area contributed by atoms with E-state index in [0.29, 0.717) is 17.7 Å². The summed E-state index contributed by atoms with van der Waals surface area (Å²) in [5.41, 5.74) is 1.80. The topological polar surface area (TPSA) is 93.4 Å². The van der Waals surface area contributed by atoms with Crippen LogP contribution in [0.3, 0.4) is 0 Å². The van der Waals surface area contributed by atoms with Gasteiger partial charge in [-0.25, -0.2) is 18.5 Å². The highest BCUT2D eigenvalue weighted by Gasteiger charge is 2.31. The maximum Gasteiger partial charge on any atom is 0.254 e. The number of amides is 1. The first-order valence-corrected chi connectivity index (χ1v) is 11.5. The zero-order valence-electron chi connectivity index (χ0n) is 15.5. The minimum absolute atomic E-state index is 0.00750. The minimum atomic E-state index is -3.88. The molecule has 0 saturated carbocycles. The van der Waals surface area contributed by atoms with Gasteiger partial charge in [0.15, 0.2) is 0 Å². The summed E-state index contributed by atoms with van der Waals surface area (Å²) in [5.74, 6) is -0.186. The van der Waals surface area contributed by atoms with Gasteiger partial charge in [-0.05, 0) is 56.0 Å². The number of aromatic nitrogens is 1. The van der Waals surface area contributed by atoms with Gasteiger partial charge in [-0.1, -0.05) is 18.2 Å². The Morgan fingerprint density at radius 2 is 2.00 bits per heavy atom. The van der Waals surface area contributed by atoms with Crippen molar-refractivity contribution in [1.29, 1.82) is 0 Å². The molecule has 0 spiro atoms. The molecule has 0 bridgehead atoms. The van der Waals surface area contributed by atoms with Crippen molar-refractivity contribution in [2.45, 2.75) is 37.1 Å². The van der Waals surface area contributed by atoms with Gasteiger partial charge >= 0.3 is 0 Å². The molecule has 0 aliphatic carbocycles.